The van der Waals surface area contributed by atoms with E-state index in [9.17, 15) is 4.79 Å². The van der Waals surface area contributed by atoms with Crippen molar-refractivity contribution in [1.29, 1.82) is 0 Å². The van der Waals surface area contributed by atoms with Crippen LogP contribution in [0, 0.1) is 0 Å². The van der Waals surface area contributed by atoms with E-state index >= 15 is 0 Å². The van der Waals surface area contributed by atoms with Gasteiger partial charge in [0, 0.05) is 39.8 Å². The molecule has 0 heterocycles. The van der Waals surface area contributed by atoms with Gasteiger partial charge in [0.2, 0.25) is 5.91 Å². The summed E-state index contributed by atoms with van der Waals surface area (Å²) in [5.74, 6) is 0.823. The van der Waals surface area contributed by atoms with E-state index in [0.717, 1.165) is 30.2 Å². The van der Waals surface area contributed by atoms with E-state index < -0.39 is 0 Å². The van der Waals surface area contributed by atoms with Gasteiger partial charge in [0.25, 0.3) is 0 Å². The highest BCUT2D eigenvalue weighted by Crippen LogP contribution is 2.10. The molecule has 0 aliphatic rings. The number of hydrogen-bond acceptors (Lipinski definition) is 2. The molecule has 5 nitrogen and oxygen atoms in total. The summed E-state index contributed by atoms with van der Waals surface area (Å²) in [4.78, 5) is 17.5. The Morgan fingerprint density at radius 1 is 1.38 bits per heavy atom. The Balaban J connectivity index is 2.58. The summed E-state index contributed by atoms with van der Waals surface area (Å²) in [7, 11) is 3.83. The van der Waals surface area contributed by atoms with Gasteiger partial charge in [0.05, 0.1) is 0 Å². The van der Waals surface area contributed by atoms with E-state index in [1.807, 2.05) is 31.3 Å². The third kappa shape index (κ3) is 6.29. The van der Waals surface area contributed by atoms with Crippen LogP contribution in [0.25, 0.3) is 0 Å². The van der Waals surface area contributed by atoms with Crippen molar-refractivity contribution < 1.29 is 4.79 Å². The number of anilines is 1. The van der Waals surface area contributed by atoms with Crippen LogP contribution in [0.4, 0.5) is 5.69 Å². The predicted octanol–water partition coefficient (Wildman–Crippen LogP) is 2.45. The molecule has 5 heteroatoms. The highest BCUT2D eigenvalue weighted by Gasteiger charge is 2.05. The van der Waals surface area contributed by atoms with Crippen LogP contribution in [-0.2, 0) is 11.3 Å². The average molecular weight is 290 g/mol. The topological polar surface area (TPSA) is 56.7 Å². The lowest BCUT2D eigenvalue weighted by atomic mass is 10.2. The normalized spacial score (nSPS) is 11.1. The number of carbonyl (C=O) groups is 1. The first-order chi connectivity index (χ1) is 10.1. The number of nitrogens with zero attached hydrogens (tertiary/aromatic N) is 2. The lowest BCUT2D eigenvalue weighted by Crippen LogP contribution is -2.38. The lowest BCUT2D eigenvalue weighted by molar-refractivity contribution is -0.114. The van der Waals surface area contributed by atoms with E-state index in [4.69, 9.17) is 0 Å². The van der Waals surface area contributed by atoms with E-state index in [1.54, 1.807) is 7.05 Å². The zero-order valence-corrected chi connectivity index (χ0v) is 13.4. The monoisotopic (exact) mass is 290 g/mol. The van der Waals surface area contributed by atoms with Crippen LogP contribution < -0.4 is 10.6 Å². The molecule has 0 unspecified atom stereocenters. The maximum atomic E-state index is 11.1. The minimum atomic E-state index is -0.0600. The number of rotatable bonds is 6. The van der Waals surface area contributed by atoms with Crippen LogP contribution >= 0.6 is 0 Å². The fraction of sp³-hybridized carbons (Fsp3) is 0.500. The Morgan fingerprint density at radius 2 is 2.14 bits per heavy atom. The van der Waals surface area contributed by atoms with Crippen molar-refractivity contribution in [2.75, 3.05) is 26.0 Å². The summed E-state index contributed by atoms with van der Waals surface area (Å²) < 4.78 is 0. The number of hydrogen-bond donors (Lipinski definition) is 2. The fourth-order valence-electron chi connectivity index (χ4n) is 2.03. The molecule has 2 N–H and O–H groups in total. The summed E-state index contributed by atoms with van der Waals surface area (Å²) >= 11 is 0. The van der Waals surface area contributed by atoms with Crippen molar-refractivity contribution >= 4 is 17.6 Å². The Labute approximate surface area is 127 Å². The van der Waals surface area contributed by atoms with Gasteiger partial charge >= 0.3 is 0 Å². The quantitative estimate of drug-likeness (QED) is 0.625. The largest absolute Gasteiger partial charge is 0.352 e. The molecule has 0 atom stereocenters. The third-order valence-electron chi connectivity index (χ3n) is 3.12. The molecular weight excluding hydrogens is 264 g/mol. The SMILES string of the molecule is CCCCN(C)C(=NC)NCc1cccc(NC(C)=O)c1. The van der Waals surface area contributed by atoms with Gasteiger partial charge in [-0.25, -0.2) is 0 Å². The molecule has 0 saturated carbocycles. The molecule has 116 valence electrons. The number of benzene rings is 1. The van der Waals surface area contributed by atoms with Gasteiger partial charge in [-0.3, -0.25) is 9.79 Å². The Kier molecular flexibility index (Phi) is 7.29. The zero-order valence-electron chi connectivity index (χ0n) is 13.4. The number of carbonyl (C=O) groups excluding carboxylic acids is 1. The van der Waals surface area contributed by atoms with Crippen LogP contribution in [0.15, 0.2) is 29.3 Å². The summed E-state index contributed by atoms with van der Waals surface area (Å²) in [6.45, 7) is 5.35. The van der Waals surface area contributed by atoms with Gasteiger partial charge < -0.3 is 15.5 Å². The second kappa shape index (κ2) is 9.00. The molecule has 0 aliphatic heterocycles. The lowest BCUT2D eigenvalue weighted by Gasteiger charge is -2.22. The molecule has 0 spiro atoms. The van der Waals surface area contributed by atoms with E-state index in [1.165, 1.54) is 13.3 Å². The van der Waals surface area contributed by atoms with Crippen LogP contribution in [0.1, 0.15) is 32.3 Å². The highest BCUT2D eigenvalue weighted by molar-refractivity contribution is 5.88. The predicted molar refractivity (Wildman–Crippen MR) is 88.5 cm³/mol. The molecule has 1 aromatic carbocycles. The van der Waals surface area contributed by atoms with Crippen molar-refractivity contribution in [2.45, 2.75) is 33.2 Å². The van der Waals surface area contributed by atoms with Crippen LogP contribution in [0.2, 0.25) is 0 Å². The molecule has 21 heavy (non-hydrogen) atoms. The van der Waals surface area contributed by atoms with Crippen LogP contribution in [0.3, 0.4) is 0 Å². The first kappa shape index (κ1) is 17.0. The molecule has 0 radical (unpaired) electrons. The van der Waals surface area contributed by atoms with Crippen LogP contribution in [0.5, 0.6) is 0 Å². The third-order valence-corrected chi connectivity index (χ3v) is 3.12. The Morgan fingerprint density at radius 3 is 2.76 bits per heavy atom. The van der Waals surface area contributed by atoms with Crippen molar-refractivity contribution in [3.63, 3.8) is 0 Å². The molecule has 0 saturated heterocycles. The summed E-state index contributed by atoms with van der Waals surface area (Å²) in [5.41, 5.74) is 1.92. The Bertz CT molecular complexity index is 485. The molecule has 0 aliphatic carbocycles. The molecule has 0 aromatic heterocycles. The summed E-state index contributed by atoms with van der Waals surface area (Å²) in [5, 5.41) is 6.13. The number of guanidine groups is 1. The minimum Gasteiger partial charge on any atom is -0.352 e. The van der Waals surface area contributed by atoms with Gasteiger partial charge in [0.15, 0.2) is 5.96 Å². The molecular formula is C16H26N4O. The number of nitrogens with one attached hydrogen (secondary N) is 2. The van der Waals surface area contributed by atoms with Gasteiger partial charge in [-0.1, -0.05) is 25.5 Å². The summed E-state index contributed by atoms with van der Waals surface area (Å²) in [6, 6.07) is 7.81. The standard InChI is InChI=1S/C16H26N4O/c1-5-6-10-20(4)16(17-3)18-12-14-8-7-9-15(11-14)19-13(2)21/h7-9,11H,5-6,10,12H2,1-4H3,(H,17,18)(H,19,21). The van der Waals surface area contributed by atoms with Gasteiger partial charge in [-0.05, 0) is 24.1 Å². The van der Waals surface area contributed by atoms with Crippen LogP contribution in [-0.4, -0.2) is 37.4 Å². The molecule has 1 aromatic rings. The molecule has 1 rings (SSSR count). The fourth-order valence-corrected chi connectivity index (χ4v) is 2.03. The first-order valence-corrected chi connectivity index (χ1v) is 7.35. The number of unbranched alkanes of at least 4 members (excludes halogenated alkanes) is 1. The van der Waals surface area contributed by atoms with Gasteiger partial charge in [-0.15, -0.1) is 0 Å². The zero-order chi connectivity index (χ0) is 15.7. The van der Waals surface area contributed by atoms with Crippen molar-refractivity contribution in [3.8, 4) is 0 Å². The maximum absolute atomic E-state index is 11.1. The second-order valence-corrected chi connectivity index (χ2v) is 5.06. The van der Waals surface area contributed by atoms with E-state index in [2.05, 4.69) is 27.4 Å². The minimum absolute atomic E-state index is 0.0600. The molecule has 0 fully saturated rings. The average Bonchev–Trinajstić information content (AvgIpc) is 2.45. The van der Waals surface area contributed by atoms with Crippen molar-refractivity contribution in [3.05, 3.63) is 29.8 Å². The first-order valence-electron chi connectivity index (χ1n) is 7.35. The highest BCUT2D eigenvalue weighted by atomic mass is 16.1. The van der Waals surface area contributed by atoms with Gasteiger partial charge in [0.1, 0.15) is 0 Å². The maximum Gasteiger partial charge on any atom is 0.221 e. The number of amides is 1. The Hall–Kier alpha value is -2.04. The molecule has 1 amide bonds. The van der Waals surface area contributed by atoms with E-state index in [0.29, 0.717) is 6.54 Å². The van der Waals surface area contributed by atoms with Crippen molar-refractivity contribution in [2.24, 2.45) is 4.99 Å². The van der Waals surface area contributed by atoms with Gasteiger partial charge in [-0.2, -0.15) is 0 Å². The van der Waals surface area contributed by atoms with E-state index in [-0.39, 0.29) is 5.91 Å². The second-order valence-electron chi connectivity index (χ2n) is 5.06. The smallest absolute Gasteiger partial charge is 0.221 e. The molecule has 0 bridgehead atoms. The summed E-state index contributed by atoms with van der Waals surface area (Å²) in [6.07, 6.45) is 2.31. The number of aliphatic imine (C=N–C) groups is 1. The van der Waals surface area contributed by atoms with Crippen molar-refractivity contribution in [1.82, 2.24) is 10.2 Å².